The lowest BCUT2D eigenvalue weighted by atomic mass is 10.2. The van der Waals surface area contributed by atoms with E-state index in [2.05, 4.69) is 10.2 Å². The zero-order valence-electron chi connectivity index (χ0n) is 17.0. The molecule has 0 bridgehead atoms. The van der Waals surface area contributed by atoms with E-state index in [0.29, 0.717) is 55.7 Å². The molecular formula is C22H24ClN3O4S. The highest BCUT2D eigenvalue weighted by Gasteiger charge is 2.28. The van der Waals surface area contributed by atoms with Gasteiger partial charge in [-0.1, -0.05) is 29.8 Å². The van der Waals surface area contributed by atoms with E-state index in [1.807, 2.05) is 6.07 Å². The van der Waals surface area contributed by atoms with Crippen LogP contribution in [0.3, 0.4) is 0 Å². The standard InChI is InChI=1S/C22H24ClN3O4S/c23-19-3-1-4-20(22(19)25-12-14-30-15-13-25)24-21(27)10-7-17-5-8-18(9-6-17)26-11-2-16-31(26,28)29/h1,3-10H,2,11-16H2,(H,24,27)/b10-7+. The van der Waals surface area contributed by atoms with E-state index in [0.717, 1.165) is 11.3 Å². The molecule has 2 heterocycles. The van der Waals surface area contributed by atoms with Crippen molar-refractivity contribution in [3.63, 3.8) is 0 Å². The van der Waals surface area contributed by atoms with Gasteiger partial charge < -0.3 is 15.0 Å². The molecule has 0 aliphatic carbocycles. The van der Waals surface area contributed by atoms with E-state index in [1.165, 1.54) is 10.4 Å². The van der Waals surface area contributed by atoms with E-state index in [4.69, 9.17) is 16.3 Å². The second-order valence-electron chi connectivity index (χ2n) is 7.39. The molecule has 0 aromatic heterocycles. The molecule has 2 aliphatic heterocycles. The zero-order chi connectivity index (χ0) is 21.8. The molecule has 0 saturated carbocycles. The molecule has 2 fully saturated rings. The third kappa shape index (κ3) is 5.03. The highest BCUT2D eigenvalue weighted by atomic mass is 35.5. The SMILES string of the molecule is O=C(/C=C/c1ccc(N2CCCS2(=O)=O)cc1)Nc1cccc(Cl)c1N1CCOCC1. The summed E-state index contributed by atoms with van der Waals surface area (Å²) in [6.07, 6.45) is 3.78. The fourth-order valence-corrected chi connectivity index (χ4v) is 5.61. The van der Waals surface area contributed by atoms with Gasteiger partial charge in [-0.15, -0.1) is 0 Å². The van der Waals surface area contributed by atoms with Gasteiger partial charge in [0.25, 0.3) is 0 Å². The summed E-state index contributed by atoms with van der Waals surface area (Å²) in [7, 11) is -3.20. The first kappa shape index (κ1) is 21.7. The summed E-state index contributed by atoms with van der Waals surface area (Å²) in [5, 5.41) is 3.49. The second-order valence-corrected chi connectivity index (χ2v) is 9.81. The number of carbonyl (C=O) groups is 1. The van der Waals surface area contributed by atoms with Gasteiger partial charge >= 0.3 is 0 Å². The van der Waals surface area contributed by atoms with Gasteiger partial charge in [-0.3, -0.25) is 9.10 Å². The number of hydrogen-bond donors (Lipinski definition) is 1. The summed E-state index contributed by atoms with van der Waals surface area (Å²) in [6, 6.07) is 12.5. The Balaban J connectivity index is 1.44. The Morgan fingerprint density at radius 2 is 1.81 bits per heavy atom. The molecule has 0 spiro atoms. The van der Waals surface area contributed by atoms with Crippen molar-refractivity contribution in [2.45, 2.75) is 6.42 Å². The van der Waals surface area contributed by atoms with Gasteiger partial charge in [0.05, 0.1) is 41.1 Å². The fraction of sp³-hybridized carbons (Fsp3) is 0.318. The smallest absolute Gasteiger partial charge is 0.248 e. The number of carbonyl (C=O) groups excluding carboxylic acids is 1. The number of benzene rings is 2. The molecular weight excluding hydrogens is 438 g/mol. The van der Waals surface area contributed by atoms with Crippen LogP contribution < -0.4 is 14.5 Å². The van der Waals surface area contributed by atoms with Gasteiger partial charge in [0, 0.05) is 25.7 Å². The summed E-state index contributed by atoms with van der Waals surface area (Å²) in [4.78, 5) is 14.6. The summed E-state index contributed by atoms with van der Waals surface area (Å²) in [6.45, 7) is 3.16. The number of para-hydroxylation sites is 1. The molecule has 4 rings (SSSR count). The average Bonchev–Trinajstić information content (AvgIpc) is 3.12. The molecule has 0 atom stereocenters. The van der Waals surface area contributed by atoms with Crippen molar-refractivity contribution in [3.05, 3.63) is 59.1 Å². The monoisotopic (exact) mass is 461 g/mol. The zero-order valence-corrected chi connectivity index (χ0v) is 18.5. The predicted octanol–water partition coefficient (Wildman–Crippen LogP) is 3.37. The molecule has 2 aromatic carbocycles. The molecule has 0 radical (unpaired) electrons. The van der Waals surface area contributed by atoms with Crippen molar-refractivity contribution in [1.82, 2.24) is 0 Å². The Hall–Kier alpha value is -2.55. The third-order valence-corrected chi connectivity index (χ3v) is 7.45. The van der Waals surface area contributed by atoms with Crippen molar-refractivity contribution in [3.8, 4) is 0 Å². The van der Waals surface area contributed by atoms with E-state index < -0.39 is 10.0 Å². The van der Waals surface area contributed by atoms with Crippen LogP contribution in [-0.2, 0) is 19.6 Å². The maximum atomic E-state index is 12.5. The normalized spacial score (nSPS) is 18.5. The first-order valence-electron chi connectivity index (χ1n) is 10.1. The topological polar surface area (TPSA) is 79.0 Å². The van der Waals surface area contributed by atoms with Crippen molar-refractivity contribution in [2.75, 3.05) is 53.1 Å². The first-order chi connectivity index (χ1) is 14.9. The summed E-state index contributed by atoms with van der Waals surface area (Å²) < 4.78 is 30.9. The lowest BCUT2D eigenvalue weighted by Crippen LogP contribution is -2.37. The minimum absolute atomic E-state index is 0.185. The van der Waals surface area contributed by atoms with Crippen molar-refractivity contribution >= 4 is 50.7 Å². The quantitative estimate of drug-likeness (QED) is 0.690. The number of nitrogens with one attached hydrogen (secondary N) is 1. The average molecular weight is 462 g/mol. The summed E-state index contributed by atoms with van der Waals surface area (Å²) in [5.74, 6) is -0.0897. The lowest BCUT2D eigenvalue weighted by Gasteiger charge is -2.31. The van der Waals surface area contributed by atoms with E-state index >= 15 is 0 Å². The molecule has 7 nitrogen and oxygen atoms in total. The Labute approximate surface area is 187 Å². The van der Waals surface area contributed by atoms with Gasteiger partial charge in [-0.25, -0.2) is 8.42 Å². The maximum Gasteiger partial charge on any atom is 0.248 e. The van der Waals surface area contributed by atoms with Crippen LogP contribution >= 0.6 is 11.6 Å². The summed E-state index contributed by atoms with van der Waals surface area (Å²) in [5.41, 5.74) is 2.90. The van der Waals surface area contributed by atoms with Crippen LogP contribution in [0.1, 0.15) is 12.0 Å². The van der Waals surface area contributed by atoms with Crippen molar-refractivity contribution in [1.29, 1.82) is 0 Å². The van der Waals surface area contributed by atoms with Crippen LogP contribution in [0, 0.1) is 0 Å². The van der Waals surface area contributed by atoms with Crippen LogP contribution in [-0.4, -0.2) is 52.9 Å². The van der Waals surface area contributed by atoms with Crippen LogP contribution in [0.15, 0.2) is 48.5 Å². The molecule has 31 heavy (non-hydrogen) atoms. The Morgan fingerprint density at radius 1 is 1.06 bits per heavy atom. The molecule has 164 valence electrons. The van der Waals surface area contributed by atoms with E-state index in [1.54, 1.807) is 42.5 Å². The minimum Gasteiger partial charge on any atom is -0.378 e. The number of sulfonamides is 1. The van der Waals surface area contributed by atoms with Gasteiger partial charge in [-0.05, 0) is 42.3 Å². The van der Waals surface area contributed by atoms with E-state index in [-0.39, 0.29) is 11.7 Å². The highest BCUT2D eigenvalue weighted by Crippen LogP contribution is 2.34. The number of rotatable bonds is 5. The lowest BCUT2D eigenvalue weighted by molar-refractivity contribution is -0.111. The number of hydrogen-bond acceptors (Lipinski definition) is 5. The van der Waals surface area contributed by atoms with Crippen LogP contribution in [0.2, 0.25) is 5.02 Å². The Kier molecular flexibility index (Phi) is 6.50. The third-order valence-electron chi connectivity index (χ3n) is 5.28. The predicted molar refractivity (Wildman–Crippen MR) is 124 cm³/mol. The van der Waals surface area contributed by atoms with E-state index in [9.17, 15) is 13.2 Å². The number of anilines is 3. The number of morpholine rings is 1. The first-order valence-corrected chi connectivity index (χ1v) is 12.1. The molecule has 9 heteroatoms. The molecule has 0 unspecified atom stereocenters. The number of amides is 1. The Morgan fingerprint density at radius 3 is 2.48 bits per heavy atom. The molecule has 2 aliphatic rings. The van der Waals surface area contributed by atoms with Gasteiger partial charge in [0.2, 0.25) is 15.9 Å². The highest BCUT2D eigenvalue weighted by molar-refractivity contribution is 7.93. The van der Waals surface area contributed by atoms with Gasteiger partial charge in [0.15, 0.2) is 0 Å². The van der Waals surface area contributed by atoms with Gasteiger partial charge in [0.1, 0.15) is 0 Å². The fourth-order valence-electron chi connectivity index (χ4n) is 3.75. The molecule has 2 saturated heterocycles. The van der Waals surface area contributed by atoms with Crippen LogP contribution in [0.25, 0.3) is 6.08 Å². The molecule has 1 N–H and O–H groups in total. The van der Waals surface area contributed by atoms with Crippen molar-refractivity contribution < 1.29 is 17.9 Å². The summed E-state index contributed by atoms with van der Waals surface area (Å²) >= 11 is 6.41. The maximum absolute atomic E-state index is 12.5. The molecule has 2 aromatic rings. The van der Waals surface area contributed by atoms with Gasteiger partial charge in [-0.2, -0.15) is 0 Å². The second kappa shape index (κ2) is 9.30. The minimum atomic E-state index is -3.20. The van der Waals surface area contributed by atoms with Crippen molar-refractivity contribution in [2.24, 2.45) is 0 Å². The molecule has 1 amide bonds. The van der Waals surface area contributed by atoms with Crippen LogP contribution in [0.4, 0.5) is 17.1 Å². The van der Waals surface area contributed by atoms with Crippen LogP contribution in [0.5, 0.6) is 0 Å². The number of halogens is 1. The number of ether oxygens (including phenoxy) is 1. The number of nitrogens with zero attached hydrogens (tertiary/aromatic N) is 2. The Bertz CT molecular complexity index is 1080. The largest absolute Gasteiger partial charge is 0.378 e.